The van der Waals surface area contributed by atoms with E-state index in [-0.39, 0.29) is 5.60 Å². The monoisotopic (exact) mass is 157 g/mol. The lowest BCUT2D eigenvalue weighted by atomic mass is 10.00. The van der Waals surface area contributed by atoms with Crippen LogP contribution >= 0.6 is 0 Å². The Labute approximate surface area is 69.6 Å². The molecule has 0 saturated heterocycles. The van der Waals surface area contributed by atoms with Gasteiger partial charge >= 0.3 is 0 Å². The van der Waals surface area contributed by atoms with E-state index in [2.05, 4.69) is 18.5 Å². The van der Waals surface area contributed by atoms with Gasteiger partial charge in [-0.3, -0.25) is 4.84 Å². The molecular weight excluding hydrogens is 138 g/mol. The summed E-state index contributed by atoms with van der Waals surface area (Å²) < 4.78 is 0. The summed E-state index contributed by atoms with van der Waals surface area (Å²) in [5.74, 6) is 0. The van der Waals surface area contributed by atoms with Gasteiger partial charge in [0.1, 0.15) is 5.60 Å². The maximum absolute atomic E-state index is 5.41. The predicted octanol–water partition coefficient (Wildman–Crippen LogP) is 2.27. The van der Waals surface area contributed by atoms with Gasteiger partial charge in [-0.2, -0.15) is 0 Å². The van der Waals surface area contributed by atoms with E-state index in [1.54, 1.807) is 0 Å². The van der Waals surface area contributed by atoms with E-state index in [1.807, 2.05) is 27.7 Å². The van der Waals surface area contributed by atoms with Crippen LogP contribution in [0.15, 0.2) is 11.6 Å². The van der Waals surface area contributed by atoms with Crippen LogP contribution in [0.4, 0.5) is 0 Å². The third-order valence-corrected chi connectivity index (χ3v) is 1.85. The molecule has 0 aromatic carbocycles. The van der Waals surface area contributed by atoms with Crippen LogP contribution in [0, 0.1) is 0 Å². The van der Waals surface area contributed by atoms with E-state index in [9.17, 15) is 0 Å². The lowest BCUT2D eigenvalue weighted by molar-refractivity contribution is -0.0588. The molecule has 0 heterocycles. The number of allylic oxidation sites excluding steroid dienone is 1. The SMILES string of the molecule is C/C=C(\C)C(C)(C)ONCC. The average molecular weight is 157 g/mol. The number of hydrogen-bond donors (Lipinski definition) is 1. The quantitative estimate of drug-likeness (QED) is 0.499. The molecule has 66 valence electrons. The summed E-state index contributed by atoms with van der Waals surface area (Å²) in [5, 5.41) is 0. The standard InChI is InChI=1S/C9H19NO/c1-6-8(3)9(4,5)11-10-7-2/h6,10H,7H2,1-5H3/b8-6+. The van der Waals surface area contributed by atoms with E-state index < -0.39 is 0 Å². The molecule has 0 bridgehead atoms. The van der Waals surface area contributed by atoms with Crippen LogP contribution in [-0.4, -0.2) is 12.1 Å². The number of hydroxylamine groups is 1. The van der Waals surface area contributed by atoms with Crippen molar-refractivity contribution in [3.63, 3.8) is 0 Å². The fraction of sp³-hybridized carbons (Fsp3) is 0.778. The molecule has 0 atom stereocenters. The second-order valence-electron chi connectivity index (χ2n) is 3.08. The number of rotatable bonds is 4. The fourth-order valence-electron chi connectivity index (χ4n) is 0.681. The van der Waals surface area contributed by atoms with Crippen LogP contribution in [0.25, 0.3) is 0 Å². The summed E-state index contributed by atoms with van der Waals surface area (Å²) in [6.45, 7) is 11.0. The van der Waals surface area contributed by atoms with Crippen LogP contribution in [0.1, 0.15) is 34.6 Å². The van der Waals surface area contributed by atoms with Crippen molar-refractivity contribution in [2.24, 2.45) is 0 Å². The van der Waals surface area contributed by atoms with E-state index in [4.69, 9.17) is 4.84 Å². The first-order chi connectivity index (χ1) is 5.04. The molecule has 2 nitrogen and oxygen atoms in total. The predicted molar refractivity (Wildman–Crippen MR) is 48.3 cm³/mol. The molecule has 0 fully saturated rings. The first kappa shape index (κ1) is 10.7. The summed E-state index contributed by atoms with van der Waals surface area (Å²) in [6.07, 6.45) is 2.07. The van der Waals surface area contributed by atoms with E-state index in [0.29, 0.717) is 0 Å². The maximum Gasteiger partial charge on any atom is 0.105 e. The van der Waals surface area contributed by atoms with Gasteiger partial charge in [-0.1, -0.05) is 13.0 Å². The second-order valence-corrected chi connectivity index (χ2v) is 3.08. The number of hydrogen-bond acceptors (Lipinski definition) is 2. The van der Waals surface area contributed by atoms with Crippen molar-refractivity contribution in [3.8, 4) is 0 Å². The number of nitrogens with one attached hydrogen (secondary N) is 1. The van der Waals surface area contributed by atoms with Crippen LogP contribution in [0.5, 0.6) is 0 Å². The van der Waals surface area contributed by atoms with Crippen molar-refractivity contribution < 1.29 is 4.84 Å². The highest BCUT2D eigenvalue weighted by Crippen LogP contribution is 2.18. The molecule has 0 aliphatic carbocycles. The largest absolute Gasteiger partial charge is 0.291 e. The van der Waals surface area contributed by atoms with Gasteiger partial charge in [0, 0.05) is 6.54 Å². The zero-order valence-corrected chi connectivity index (χ0v) is 8.19. The first-order valence-corrected chi connectivity index (χ1v) is 4.08. The molecule has 0 aromatic heterocycles. The normalized spacial score (nSPS) is 13.7. The maximum atomic E-state index is 5.41. The Morgan fingerprint density at radius 3 is 2.45 bits per heavy atom. The lowest BCUT2D eigenvalue weighted by Gasteiger charge is -2.25. The summed E-state index contributed by atoms with van der Waals surface area (Å²) in [6, 6.07) is 0. The van der Waals surface area contributed by atoms with Crippen molar-refractivity contribution >= 4 is 0 Å². The first-order valence-electron chi connectivity index (χ1n) is 4.08. The Hall–Kier alpha value is -0.340. The molecule has 0 radical (unpaired) electrons. The third-order valence-electron chi connectivity index (χ3n) is 1.85. The minimum absolute atomic E-state index is 0.190. The van der Waals surface area contributed by atoms with Crippen molar-refractivity contribution in [1.29, 1.82) is 0 Å². The summed E-state index contributed by atoms with van der Waals surface area (Å²) in [5.41, 5.74) is 3.91. The topological polar surface area (TPSA) is 21.3 Å². The lowest BCUT2D eigenvalue weighted by Crippen LogP contribution is -2.33. The Kier molecular flexibility index (Phi) is 4.38. The molecule has 1 N–H and O–H groups in total. The molecule has 0 aromatic rings. The van der Waals surface area contributed by atoms with Gasteiger partial charge in [-0.15, -0.1) is 0 Å². The van der Waals surface area contributed by atoms with Gasteiger partial charge in [-0.25, -0.2) is 5.48 Å². The average Bonchev–Trinajstić information content (AvgIpc) is 1.99. The van der Waals surface area contributed by atoms with Gasteiger partial charge in [-0.05, 0) is 33.3 Å². The smallest absolute Gasteiger partial charge is 0.105 e. The van der Waals surface area contributed by atoms with Gasteiger partial charge in [0.25, 0.3) is 0 Å². The Bertz CT molecular complexity index is 138. The summed E-state index contributed by atoms with van der Waals surface area (Å²) >= 11 is 0. The Morgan fingerprint density at radius 1 is 1.55 bits per heavy atom. The van der Waals surface area contributed by atoms with E-state index in [1.165, 1.54) is 5.57 Å². The molecule has 0 amide bonds. The molecular formula is C9H19NO. The molecule has 11 heavy (non-hydrogen) atoms. The molecule has 0 unspecified atom stereocenters. The summed E-state index contributed by atoms with van der Waals surface area (Å²) in [4.78, 5) is 5.41. The van der Waals surface area contributed by atoms with Crippen LogP contribution in [0.3, 0.4) is 0 Å². The van der Waals surface area contributed by atoms with Gasteiger partial charge in [0.15, 0.2) is 0 Å². The fourth-order valence-corrected chi connectivity index (χ4v) is 0.681. The highest BCUT2D eigenvalue weighted by atomic mass is 16.7. The third kappa shape index (κ3) is 3.54. The zero-order valence-electron chi connectivity index (χ0n) is 8.19. The Balaban J connectivity index is 3.99. The molecule has 0 saturated carbocycles. The Morgan fingerprint density at radius 2 is 2.09 bits per heavy atom. The van der Waals surface area contributed by atoms with Crippen molar-refractivity contribution in [2.45, 2.75) is 40.2 Å². The molecule has 0 rings (SSSR count). The van der Waals surface area contributed by atoms with Gasteiger partial charge in [0.2, 0.25) is 0 Å². The van der Waals surface area contributed by atoms with Crippen LogP contribution in [0.2, 0.25) is 0 Å². The second kappa shape index (κ2) is 4.52. The molecule has 0 aliphatic rings. The minimum atomic E-state index is -0.190. The van der Waals surface area contributed by atoms with E-state index >= 15 is 0 Å². The summed E-state index contributed by atoms with van der Waals surface area (Å²) in [7, 11) is 0. The van der Waals surface area contributed by atoms with Gasteiger partial charge in [0.05, 0.1) is 0 Å². The zero-order chi connectivity index (χ0) is 8.91. The van der Waals surface area contributed by atoms with Crippen molar-refractivity contribution in [2.75, 3.05) is 6.54 Å². The van der Waals surface area contributed by atoms with E-state index in [0.717, 1.165) is 6.54 Å². The van der Waals surface area contributed by atoms with Crippen LogP contribution in [-0.2, 0) is 4.84 Å². The highest BCUT2D eigenvalue weighted by molar-refractivity contribution is 5.09. The van der Waals surface area contributed by atoms with Gasteiger partial charge < -0.3 is 0 Å². The molecule has 0 aliphatic heterocycles. The van der Waals surface area contributed by atoms with Crippen molar-refractivity contribution in [3.05, 3.63) is 11.6 Å². The van der Waals surface area contributed by atoms with Crippen molar-refractivity contribution in [1.82, 2.24) is 5.48 Å². The van der Waals surface area contributed by atoms with Crippen LogP contribution < -0.4 is 5.48 Å². The molecule has 2 heteroatoms. The minimum Gasteiger partial charge on any atom is -0.291 e. The molecule has 0 spiro atoms. The highest BCUT2D eigenvalue weighted by Gasteiger charge is 2.19.